The summed E-state index contributed by atoms with van der Waals surface area (Å²) in [4.78, 5) is 23.3. The second-order valence-electron chi connectivity index (χ2n) is 6.61. The Balaban J connectivity index is 1.91. The SMILES string of the molecule is CCCCCNC(=O)c1cc2oc(C)cc2n1Cc1cccc([N+](=O)[O-])c1. The highest BCUT2D eigenvalue weighted by atomic mass is 16.6. The highest BCUT2D eigenvalue weighted by Crippen LogP contribution is 2.25. The van der Waals surface area contributed by atoms with E-state index in [4.69, 9.17) is 4.42 Å². The van der Waals surface area contributed by atoms with Gasteiger partial charge in [-0.25, -0.2) is 0 Å². The Morgan fingerprint density at radius 1 is 1.26 bits per heavy atom. The number of benzene rings is 1. The first-order chi connectivity index (χ1) is 13.0. The summed E-state index contributed by atoms with van der Waals surface area (Å²) in [5, 5.41) is 14.0. The minimum absolute atomic E-state index is 0.0323. The van der Waals surface area contributed by atoms with Crippen molar-refractivity contribution in [3.05, 3.63) is 63.5 Å². The van der Waals surface area contributed by atoms with Gasteiger partial charge in [-0.15, -0.1) is 0 Å². The number of nitro benzene ring substituents is 1. The maximum atomic E-state index is 12.7. The van der Waals surface area contributed by atoms with Crippen molar-refractivity contribution in [1.82, 2.24) is 9.88 Å². The van der Waals surface area contributed by atoms with Crippen molar-refractivity contribution in [1.29, 1.82) is 0 Å². The predicted molar refractivity (Wildman–Crippen MR) is 103 cm³/mol. The fourth-order valence-electron chi connectivity index (χ4n) is 3.14. The summed E-state index contributed by atoms with van der Waals surface area (Å²) in [5.41, 5.74) is 2.71. The number of amides is 1. The van der Waals surface area contributed by atoms with Gasteiger partial charge >= 0.3 is 0 Å². The Hall–Kier alpha value is -3.09. The van der Waals surface area contributed by atoms with E-state index in [1.165, 1.54) is 12.1 Å². The topological polar surface area (TPSA) is 90.3 Å². The number of carbonyl (C=O) groups excluding carboxylic acids is 1. The van der Waals surface area contributed by atoms with Crippen LogP contribution < -0.4 is 5.32 Å². The number of nitrogens with zero attached hydrogens (tertiary/aromatic N) is 2. The number of fused-ring (bicyclic) bond motifs is 1. The second-order valence-corrected chi connectivity index (χ2v) is 6.61. The summed E-state index contributed by atoms with van der Waals surface area (Å²) in [6.45, 7) is 4.93. The van der Waals surface area contributed by atoms with Gasteiger partial charge < -0.3 is 14.3 Å². The lowest BCUT2D eigenvalue weighted by atomic mass is 10.2. The fourth-order valence-corrected chi connectivity index (χ4v) is 3.14. The molecular formula is C20H23N3O4. The second kappa shape index (κ2) is 8.07. The van der Waals surface area contributed by atoms with E-state index in [2.05, 4.69) is 12.2 Å². The van der Waals surface area contributed by atoms with E-state index in [9.17, 15) is 14.9 Å². The van der Waals surface area contributed by atoms with Crippen molar-refractivity contribution in [2.24, 2.45) is 0 Å². The number of rotatable bonds is 8. The molecule has 3 aromatic rings. The Morgan fingerprint density at radius 3 is 2.81 bits per heavy atom. The Kier molecular flexibility index (Phi) is 5.59. The maximum Gasteiger partial charge on any atom is 0.269 e. The molecule has 0 spiro atoms. The molecule has 1 amide bonds. The molecule has 0 fully saturated rings. The summed E-state index contributed by atoms with van der Waals surface area (Å²) >= 11 is 0. The molecule has 0 aliphatic heterocycles. The lowest BCUT2D eigenvalue weighted by molar-refractivity contribution is -0.384. The molecule has 7 heteroatoms. The number of nitrogens with one attached hydrogen (secondary N) is 1. The Labute approximate surface area is 157 Å². The van der Waals surface area contributed by atoms with Crippen molar-refractivity contribution in [3.8, 4) is 0 Å². The molecule has 7 nitrogen and oxygen atoms in total. The van der Waals surface area contributed by atoms with Crippen molar-refractivity contribution >= 4 is 22.7 Å². The third kappa shape index (κ3) is 4.19. The molecule has 0 aliphatic carbocycles. The number of non-ortho nitro benzene ring substituents is 1. The zero-order valence-corrected chi connectivity index (χ0v) is 15.5. The first-order valence-electron chi connectivity index (χ1n) is 9.10. The van der Waals surface area contributed by atoms with E-state index in [0.717, 1.165) is 36.1 Å². The lowest BCUT2D eigenvalue weighted by Gasteiger charge is -2.11. The molecule has 0 saturated carbocycles. The van der Waals surface area contributed by atoms with Gasteiger partial charge in [-0.2, -0.15) is 0 Å². The quantitative estimate of drug-likeness (QED) is 0.361. The van der Waals surface area contributed by atoms with E-state index < -0.39 is 4.92 Å². The van der Waals surface area contributed by atoms with Crippen LogP contribution in [0.25, 0.3) is 11.1 Å². The van der Waals surface area contributed by atoms with Crippen LogP contribution in [-0.4, -0.2) is 21.9 Å². The number of nitro groups is 1. The van der Waals surface area contributed by atoms with Gasteiger partial charge in [0.2, 0.25) is 0 Å². The molecule has 1 N–H and O–H groups in total. The minimum Gasteiger partial charge on any atom is -0.460 e. The summed E-state index contributed by atoms with van der Waals surface area (Å²) in [5.74, 6) is 0.586. The third-order valence-corrected chi connectivity index (χ3v) is 4.47. The third-order valence-electron chi connectivity index (χ3n) is 4.47. The van der Waals surface area contributed by atoms with Crippen LogP contribution in [0.2, 0.25) is 0 Å². The number of hydrogen-bond donors (Lipinski definition) is 1. The summed E-state index contributed by atoms with van der Waals surface area (Å²) < 4.78 is 7.52. The number of carbonyl (C=O) groups is 1. The normalized spacial score (nSPS) is 11.0. The van der Waals surface area contributed by atoms with Crippen LogP contribution in [0.5, 0.6) is 0 Å². The Bertz CT molecular complexity index is 971. The van der Waals surface area contributed by atoms with Crippen LogP contribution >= 0.6 is 0 Å². The van der Waals surface area contributed by atoms with Gasteiger partial charge in [0.15, 0.2) is 5.58 Å². The van der Waals surface area contributed by atoms with Crippen LogP contribution in [0.15, 0.2) is 40.8 Å². The smallest absolute Gasteiger partial charge is 0.269 e. The number of unbranched alkanes of at least 4 members (excludes halogenated alkanes) is 2. The zero-order valence-electron chi connectivity index (χ0n) is 15.5. The summed E-state index contributed by atoms with van der Waals surface area (Å²) in [6, 6.07) is 10.1. The molecule has 27 heavy (non-hydrogen) atoms. The van der Waals surface area contributed by atoms with Crippen LogP contribution in [0.1, 0.15) is 48.0 Å². The number of furan rings is 1. The van der Waals surface area contributed by atoms with Crippen molar-refractivity contribution in [2.75, 3.05) is 6.54 Å². The molecule has 1 aromatic carbocycles. The molecule has 142 valence electrons. The summed E-state index contributed by atoms with van der Waals surface area (Å²) in [7, 11) is 0. The van der Waals surface area contributed by atoms with Crippen molar-refractivity contribution < 1.29 is 14.1 Å². The molecule has 2 heterocycles. The van der Waals surface area contributed by atoms with Gasteiger partial charge in [-0.05, 0) is 18.9 Å². The largest absolute Gasteiger partial charge is 0.460 e. The summed E-state index contributed by atoms with van der Waals surface area (Å²) in [6.07, 6.45) is 3.09. The fraction of sp³-hybridized carbons (Fsp3) is 0.350. The van der Waals surface area contributed by atoms with Gasteiger partial charge in [0.1, 0.15) is 11.5 Å². The Morgan fingerprint density at radius 2 is 2.07 bits per heavy atom. The highest BCUT2D eigenvalue weighted by Gasteiger charge is 2.19. The molecule has 0 saturated heterocycles. The van der Waals surface area contributed by atoms with Crippen LogP contribution in [-0.2, 0) is 6.54 Å². The van der Waals surface area contributed by atoms with Crippen LogP contribution in [0, 0.1) is 17.0 Å². The zero-order chi connectivity index (χ0) is 19.4. The van der Waals surface area contributed by atoms with Gasteiger partial charge in [0.25, 0.3) is 11.6 Å². The standard InChI is InChI=1S/C20H23N3O4/c1-3-4-5-9-21-20(24)18-12-19-17(10-14(2)27-19)22(18)13-15-7-6-8-16(11-15)23(25)26/h6-8,10-12H,3-5,9,13H2,1-2H3,(H,21,24). The van der Waals surface area contributed by atoms with E-state index in [1.54, 1.807) is 12.1 Å². The van der Waals surface area contributed by atoms with E-state index >= 15 is 0 Å². The van der Waals surface area contributed by atoms with E-state index in [-0.39, 0.29) is 11.6 Å². The number of aromatic nitrogens is 1. The van der Waals surface area contributed by atoms with Crippen molar-refractivity contribution in [2.45, 2.75) is 39.7 Å². The molecule has 0 radical (unpaired) electrons. The van der Waals surface area contributed by atoms with Crippen LogP contribution in [0.3, 0.4) is 0 Å². The lowest BCUT2D eigenvalue weighted by Crippen LogP contribution is -2.27. The predicted octanol–water partition coefficient (Wildman–Crippen LogP) is 4.42. The minimum atomic E-state index is -0.419. The molecule has 0 bridgehead atoms. The molecule has 0 unspecified atom stereocenters. The van der Waals surface area contributed by atoms with Gasteiger partial charge in [-0.3, -0.25) is 14.9 Å². The van der Waals surface area contributed by atoms with Crippen molar-refractivity contribution in [3.63, 3.8) is 0 Å². The average molecular weight is 369 g/mol. The van der Waals surface area contributed by atoms with Gasteiger partial charge in [-0.1, -0.05) is 31.9 Å². The molecule has 0 aliphatic rings. The number of hydrogen-bond acceptors (Lipinski definition) is 4. The molecule has 3 rings (SSSR count). The van der Waals surface area contributed by atoms with Gasteiger partial charge in [0, 0.05) is 37.4 Å². The first-order valence-corrected chi connectivity index (χ1v) is 9.10. The van der Waals surface area contributed by atoms with Gasteiger partial charge in [0.05, 0.1) is 10.4 Å². The molecular weight excluding hydrogens is 346 g/mol. The number of aryl methyl sites for hydroxylation is 1. The molecule has 2 aromatic heterocycles. The first kappa shape index (κ1) is 18.7. The highest BCUT2D eigenvalue weighted by molar-refractivity contribution is 5.97. The van der Waals surface area contributed by atoms with E-state index in [0.29, 0.717) is 24.4 Å². The average Bonchev–Trinajstić information content (AvgIpc) is 3.16. The van der Waals surface area contributed by atoms with E-state index in [1.807, 2.05) is 23.6 Å². The maximum absolute atomic E-state index is 12.7. The monoisotopic (exact) mass is 369 g/mol. The molecule has 0 atom stereocenters. The van der Waals surface area contributed by atoms with Crippen LogP contribution in [0.4, 0.5) is 5.69 Å².